The van der Waals surface area contributed by atoms with Gasteiger partial charge in [0.25, 0.3) is 0 Å². The minimum absolute atomic E-state index is 0.0626. The molecule has 2 rings (SSSR count). The smallest absolute Gasteiger partial charge is 0.0702 e. The lowest BCUT2D eigenvalue weighted by Crippen LogP contribution is -2.55. The van der Waals surface area contributed by atoms with Gasteiger partial charge < -0.3 is 15.2 Å². The van der Waals surface area contributed by atoms with Gasteiger partial charge >= 0.3 is 0 Å². The summed E-state index contributed by atoms with van der Waals surface area (Å²) in [5.74, 6) is 0. The molecule has 112 valence electrons. The monoisotopic (exact) mass is 270 g/mol. The van der Waals surface area contributed by atoms with E-state index in [1.54, 1.807) is 0 Å². The van der Waals surface area contributed by atoms with Gasteiger partial charge in [-0.3, -0.25) is 4.90 Å². The third-order valence-electron chi connectivity index (χ3n) is 5.04. The number of nitrogens with zero attached hydrogens (tertiary/aromatic N) is 1. The highest BCUT2D eigenvalue weighted by Crippen LogP contribution is 2.31. The molecule has 3 unspecified atom stereocenters. The maximum atomic E-state index is 9.69. The Morgan fingerprint density at radius 2 is 2.21 bits per heavy atom. The van der Waals surface area contributed by atoms with Crippen LogP contribution in [0.25, 0.3) is 0 Å². The average Bonchev–Trinajstić information content (AvgIpc) is 2.97. The Balaban J connectivity index is 1.93. The van der Waals surface area contributed by atoms with Gasteiger partial charge in [0.2, 0.25) is 0 Å². The predicted molar refractivity (Wildman–Crippen MR) is 77.4 cm³/mol. The van der Waals surface area contributed by atoms with Crippen LogP contribution in [0.5, 0.6) is 0 Å². The Kier molecular flexibility index (Phi) is 5.63. The second-order valence-corrected chi connectivity index (χ2v) is 6.16. The summed E-state index contributed by atoms with van der Waals surface area (Å²) in [6.07, 6.45) is 7.46. The maximum Gasteiger partial charge on any atom is 0.0702 e. The Morgan fingerprint density at radius 3 is 2.79 bits per heavy atom. The summed E-state index contributed by atoms with van der Waals surface area (Å²) < 4.78 is 5.77. The molecule has 1 heterocycles. The first-order chi connectivity index (χ1) is 9.23. The van der Waals surface area contributed by atoms with Gasteiger partial charge in [-0.05, 0) is 52.1 Å². The van der Waals surface area contributed by atoms with Crippen LogP contribution in [-0.4, -0.2) is 61.0 Å². The number of likely N-dealkylation sites (N-methyl/N-ethyl adjacent to an activating group) is 2. The third-order valence-corrected chi connectivity index (χ3v) is 5.04. The van der Waals surface area contributed by atoms with Gasteiger partial charge in [-0.25, -0.2) is 0 Å². The second-order valence-electron chi connectivity index (χ2n) is 6.16. The van der Waals surface area contributed by atoms with Crippen LogP contribution in [0.4, 0.5) is 0 Å². The normalized spacial score (nSPS) is 36.0. The van der Waals surface area contributed by atoms with E-state index in [0.29, 0.717) is 12.1 Å². The molecule has 1 aliphatic heterocycles. The van der Waals surface area contributed by atoms with E-state index in [1.165, 1.54) is 25.7 Å². The molecule has 4 heteroatoms. The highest BCUT2D eigenvalue weighted by Gasteiger charge is 2.37. The molecule has 0 aromatic heterocycles. The molecule has 0 radical (unpaired) electrons. The molecule has 1 saturated carbocycles. The standard InChI is InChI=1S/C15H30N2O2/c1-3-17(11-14-7-5-9-19-14)13-6-4-8-15(10-13,12-18)16-2/h13-14,16,18H,3-12H2,1-2H3. The summed E-state index contributed by atoms with van der Waals surface area (Å²) in [4.78, 5) is 2.57. The first-order valence-electron chi connectivity index (χ1n) is 7.88. The van der Waals surface area contributed by atoms with Crippen LogP contribution in [0.15, 0.2) is 0 Å². The van der Waals surface area contributed by atoms with E-state index in [9.17, 15) is 5.11 Å². The Bertz CT molecular complexity index is 263. The van der Waals surface area contributed by atoms with E-state index < -0.39 is 0 Å². The van der Waals surface area contributed by atoms with Crippen molar-refractivity contribution in [1.29, 1.82) is 0 Å². The molecule has 3 atom stereocenters. The molecule has 0 aromatic rings. The van der Waals surface area contributed by atoms with Gasteiger partial charge in [0, 0.05) is 24.7 Å². The van der Waals surface area contributed by atoms with Crippen LogP contribution in [-0.2, 0) is 4.74 Å². The zero-order valence-electron chi connectivity index (χ0n) is 12.5. The highest BCUT2D eigenvalue weighted by molar-refractivity contribution is 4.96. The molecule has 1 saturated heterocycles. The van der Waals surface area contributed by atoms with Crippen LogP contribution < -0.4 is 5.32 Å². The van der Waals surface area contributed by atoms with Gasteiger partial charge in [0.15, 0.2) is 0 Å². The SMILES string of the molecule is CCN(CC1CCCO1)C1CCCC(CO)(NC)C1. The van der Waals surface area contributed by atoms with E-state index in [1.807, 2.05) is 7.05 Å². The van der Waals surface area contributed by atoms with Crippen LogP contribution in [0, 0.1) is 0 Å². The van der Waals surface area contributed by atoms with Crippen LogP contribution in [0.2, 0.25) is 0 Å². The number of hydrogen-bond donors (Lipinski definition) is 2. The fourth-order valence-corrected chi connectivity index (χ4v) is 3.68. The third kappa shape index (κ3) is 3.69. The molecule has 0 bridgehead atoms. The second kappa shape index (κ2) is 7.02. The van der Waals surface area contributed by atoms with E-state index in [2.05, 4.69) is 17.1 Å². The molecule has 2 aliphatic rings. The summed E-state index contributed by atoms with van der Waals surface area (Å²) >= 11 is 0. The molecule has 19 heavy (non-hydrogen) atoms. The van der Waals surface area contributed by atoms with Crippen molar-refractivity contribution >= 4 is 0 Å². The fourth-order valence-electron chi connectivity index (χ4n) is 3.68. The molecule has 0 amide bonds. The largest absolute Gasteiger partial charge is 0.394 e. The number of rotatable bonds is 6. The lowest BCUT2D eigenvalue weighted by atomic mass is 9.79. The van der Waals surface area contributed by atoms with E-state index in [4.69, 9.17) is 4.74 Å². The molecule has 2 fully saturated rings. The van der Waals surface area contributed by atoms with Crippen molar-refractivity contribution < 1.29 is 9.84 Å². The molecule has 4 nitrogen and oxygen atoms in total. The zero-order chi connectivity index (χ0) is 13.7. The van der Waals surface area contributed by atoms with Gasteiger partial charge in [0.05, 0.1) is 12.7 Å². The van der Waals surface area contributed by atoms with Crippen molar-refractivity contribution in [3.05, 3.63) is 0 Å². The Labute approximate surface area is 117 Å². The minimum atomic E-state index is -0.0626. The van der Waals surface area contributed by atoms with Gasteiger partial charge in [-0.1, -0.05) is 6.92 Å². The number of hydrogen-bond acceptors (Lipinski definition) is 4. The highest BCUT2D eigenvalue weighted by atomic mass is 16.5. The van der Waals surface area contributed by atoms with Crippen LogP contribution in [0.1, 0.15) is 45.4 Å². The number of ether oxygens (including phenoxy) is 1. The summed E-state index contributed by atoms with van der Waals surface area (Å²) in [6.45, 7) is 5.56. The quantitative estimate of drug-likeness (QED) is 0.765. The molecule has 1 aliphatic carbocycles. The van der Waals surface area contributed by atoms with Crippen molar-refractivity contribution in [2.24, 2.45) is 0 Å². The predicted octanol–water partition coefficient (Wildman–Crippen LogP) is 1.38. The summed E-state index contributed by atoms with van der Waals surface area (Å²) in [5, 5.41) is 13.1. The van der Waals surface area contributed by atoms with E-state index in [0.717, 1.165) is 32.5 Å². The topological polar surface area (TPSA) is 44.7 Å². The van der Waals surface area contributed by atoms with E-state index in [-0.39, 0.29) is 12.1 Å². The van der Waals surface area contributed by atoms with Gasteiger partial charge in [0.1, 0.15) is 0 Å². The molecule has 0 aromatic carbocycles. The zero-order valence-corrected chi connectivity index (χ0v) is 12.5. The van der Waals surface area contributed by atoms with E-state index >= 15 is 0 Å². The van der Waals surface area contributed by atoms with Crippen molar-refractivity contribution in [2.45, 2.75) is 63.1 Å². The fraction of sp³-hybridized carbons (Fsp3) is 1.00. The minimum Gasteiger partial charge on any atom is -0.394 e. The van der Waals surface area contributed by atoms with Crippen molar-refractivity contribution in [2.75, 3.05) is 33.4 Å². The number of aliphatic hydroxyl groups excluding tert-OH is 1. The lowest BCUT2D eigenvalue weighted by molar-refractivity contribution is 0.0263. The Hall–Kier alpha value is -0.160. The Morgan fingerprint density at radius 1 is 1.37 bits per heavy atom. The summed E-state index contributed by atoms with van der Waals surface area (Å²) in [6, 6.07) is 0.586. The summed E-state index contributed by atoms with van der Waals surface area (Å²) in [7, 11) is 1.98. The first-order valence-corrected chi connectivity index (χ1v) is 7.88. The van der Waals surface area contributed by atoms with Gasteiger partial charge in [-0.2, -0.15) is 0 Å². The van der Waals surface area contributed by atoms with Crippen LogP contribution in [0.3, 0.4) is 0 Å². The van der Waals surface area contributed by atoms with Crippen molar-refractivity contribution in [1.82, 2.24) is 10.2 Å². The van der Waals surface area contributed by atoms with Crippen LogP contribution >= 0.6 is 0 Å². The lowest BCUT2D eigenvalue weighted by Gasteiger charge is -2.44. The molecule has 2 N–H and O–H groups in total. The molecular weight excluding hydrogens is 240 g/mol. The van der Waals surface area contributed by atoms with Gasteiger partial charge in [-0.15, -0.1) is 0 Å². The summed E-state index contributed by atoms with van der Waals surface area (Å²) in [5.41, 5.74) is -0.0626. The molecule has 0 spiro atoms. The molecular formula is C15H30N2O2. The number of aliphatic hydroxyl groups is 1. The first kappa shape index (κ1) is 15.2. The average molecular weight is 270 g/mol. The number of nitrogens with one attached hydrogen (secondary N) is 1. The van der Waals surface area contributed by atoms with Crippen molar-refractivity contribution in [3.8, 4) is 0 Å². The van der Waals surface area contributed by atoms with Crippen molar-refractivity contribution in [3.63, 3.8) is 0 Å². The maximum absolute atomic E-state index is 9.69.